The summed E-state index contributed by atoms with van der Waals surface area (Å²) in [5.41, 5.74) is 4.52. The maximum absolute atomic E-state index is 11.8. The van der Waals surface area contributed by atoms with Gasteiger partial charge in [-0.3, -0.25) is 0 Å². The van der Waals surface area contributed by atoms with Gasteiger partial charge in [-0.05, 0) is 30.7 Å². The molecule has 0 spiro atoms. The lowest BCUT2D eigenvalue weighted by molar-refractivity contribution is 0.0503. The van der Waals surface area contributed by atoms with Crippen LogP contribution < -0.4 is 11.4 Å². The van der Waals surface area contributed by atoms with Crippen LogP contribution in [0.15, 0.2) is 65.5 Å². The van der Waals surface area contributed by atoms with Gasteiger partial charge < -0.3 is 4.84 Å². The van der Waals surface area contributed by atoms with E-state index in [4.69, 9.17) is 10.7 Å². The van der Waals surface area contributed by atoms with Crippen LogP contribution >= 0.6 is 0 Å². The number of carbonyl (C=O) groups is 1. The van der Waals surface area contributed by atoms with Gasteiger partial charge in [0.1, 0.15) is 0 Å². The minimum atomic E-state index is -0.634. The minimum absolute atomic E-state index is 0.311. The summed E-state index contributed by atoms with van der Waals surface area (Å²) >= 11 is 0. The molecule has 0 radical (unpaired) electrons. The highest BCUT2D eigenvalue weighted by atomic mass is 19.1. The number of benzene rings is 1. The molecule has 1 unspecified atom stereocenters. The molecule has 120 valence electrons. The molecule has 1 aliphatic rings. The number of nitrogens with one attached hydrogen (secondary N) is 1. The third kappa shape index (κ3) is 4.35. The Labute approximate surface area is 132 Å². The first-order valence-electron chi connectivity index (χ1n) is 6.77. The molecule has 0 fully saturated rings. The second-order valence-corrected chi connectivity index (χ2v) is 4.65. The Balaban J connectivity index is 2.15. The zero-order valence-electron chi connectivity index (χ0n) is 12.4. The molecule has 0 bridgehead atoms. The molecular formula is C16H16FN3O3. The van der Waals surface area contributed by atoms with Gasteiger partial charge in [-0.1, -0.05) is 30.4 Å². The molecular weight excluding hydrogens is 301 g/mol. The first-order chi connectivity index (χ1) is 11.2. The lowest BCUT2D eigenvalue weighted by atomic mass is 10.1. The second kappa shape index (κ2) is 8.02. The monoisotopic (exact) mass is 317 g/mol. The molecule has 0 aromatic heterocycles. The van der Waals surface area contributed by atoms with E-state index >= 15 is 0 Å². The van der Waals surface area contributed by atoms with E-state index in [1.807, 2.05) is 6.92 Å². The summed E-state index contributed by atoms with van der Waals surface area (Å²) in [6, 6.07) is 6.64. The molecule has 23 heavy (non-hydrogen) atoms. The van der Waals surface area contributed by atoms with Gasteiger partial charge in [0.25, 0.3) is 0 Å². The van der Waals surface area contributed by atoms with Crippen molar-refractivity contribution in [3.8, 4) is 0 Å². The topological polar surface area (TPSA) is 85.9 Å². The zero-order chi connectivity index (χ0) is 16.7. The van der Waals surface area contributed by atoms with E-state index in [0.717, 1.165) is 5.57 Å². The van der Waals surface area contributed by atoms with Crippen molar-refractivity contribution in [3.05, 3.63) is 71.6 Å². The number of nitrogens with zero attached hydrogens (tertiary/aromatic N) is 1. The summed E-state index contributed by atoms with van der Waals surface area (Å²) < 4.78 is 11.8. The highest BCUT2D eigenvalue weighted by Gasteiger charge is 2.21. The Morgan fingerprint density at radius 3 is 3.00 bits per heavy atom. The lowest BCUT2D eigenvalue weighted by Gasteiger charge is -2.04. The Morgan fingerprint density at radius 1 is 1.43 bits per heavy atom. The molecule has 1 heterocycles. The number of carbonyl (C=O) groups excluding carboxylic acids is 1. The SMILES string of the molecule is C\C(=C/C=C\C=C\F)C1N=C(c2cccc(C(=O)ON)c2)NO1. The maximum Gasteiger partial charge on any atom is 0.356 e. The number of rotatable bonds is 5. The normalized spacial score (nSPS) is 18.3. The Hall–Kier alpha value is -2.77. The van der Waals surface area contributed by atoms with Crippen molar-refractivity contribution in [2.75, 3.05) is 0 Å². The molecule has 0 aliphatic carbocycles. The summed E-state index contributed by atoms with van der Waals surface area (Å²) in [6.07, 6.45) is 6.21. The molecule has 0 saturated heterocycles. The van der Waals surface area contributed by atoms with Crippen LogP contribution in [0.5, 0.6) is 0 Å². The molecule has 0 amide bonds. The number of halogens is 1. The van der Waals surface area contributed by atoms with Crippen LogP contribution in [0, 0.1) is 0 Å². The van der Waals surface area contributed by atoms with E-state index in [9.17, 15) is 9.18 Å². The lowest BCUT2D eigenvalue weighted by Crippen LogP contribution is -2.20. The molecule has 1 aromatic rings. The molecule has 3 N–H and O–H groups in total. The van der Waals surface area contributed by atoms with Crippen LogP contribution in [-0.2, 0) is 9.68 Å². The quantitative estimate of drug-likeness (QED) is 0.643. The molecule has 2 rings (SSSR count). The van der Waals surface area contributed by atoms with Gasteiger partial charge in [-0.2, -0.15) is 5.90 Å². The van der Waals surface area contributed by atoms with Crippen LogP contribution in [-0.4, -0.2) is 18.0 Å². The van der Waals surface area contributed by atoms with Crippen molar-refractivity contribution >= 4 is 11.8 Å². The number of hydrogen-bond donors (Lipinski definition) is 2. The van der Waals surface area contributed by atoms with Gasteiger partial charge in [0.15, 0.2) is 12.1 Å². The van der Waals surface area contributed by atoms with Crippen LogP contribution in [0.1, 0.15) is 22.8 Å². The fraction of sp³-hybridized carbons (Fsp3) is 0.125. The van der Waals surface area contributed by atoms with Crippen molar-refractivity contribution in [2.24, 2.45) is 10.9 Å². The van der Waals surface area contributed by atoms with Crippen molar-refractivity contribution in [1.82, 2.24) is 5.48 Å². The zero-order valence-corrected chi connectivity index (χ0v) is 12.4. The fourth-order valence-corrected chi connectivity index (χ4v) is 1.87. The third-order valence-electron chi connectivity index (χ3n) is 3.04. The van der Waals surface area contributed by atoms with Crippen molar-refractivity contribution < 1.29 is 18.9 Å². The summed E-state index contributed by atoms with van der Waals surface area (Å²) in [7, 11) is 0. The van der Waals surface area contributed by atoms with Crippen LogP contribution in [0.4, 0.5) is 4.39 Å². The van der Waals surface area contributed by atoms with Crippen LogP contribution in [0.3, 0.4) is 0 Å². The number of amidine groups is 1. The predicted octanol–water partition coefficient (Wildman–Crippen LogP) is 2.31. The van der Waals surface area contributed by atoms with Crippen LogP contribution in [0.25, 0.3) is 0 Å². The van der Waals surface area contributed by atoms with E-state index < -0.39 is 12.2 Å². The van der Waals surface area contributed by atoms with Crippen molar-refractivity contribution in [2.45, 2.75) is 13.2 Å². The van der Waals surface area contributed by atoms with Gasteiger partial charge in [0.05, 0.1) is 11.9 Å². The first-order valence-corrected chi connectivity index (χ1v) is 6.77. The summed E-state index contributed by atoms with van der Waals surface area (Å²) in [5, 5.41) is 0. The maximum atomic E-state index is 11.8. The van der Waals surface area contributed by atoms with Gasteiger partial charge >= 0.3 is 5.97 Å². The Kier molecular flexibility index (Phi) is 5.79. The minimum Gasteiger partial charge on any atom is -0.370 e. The number of allylic oxidation sites excluding steroid dienone is 4. The second-order valence-electron chi connectivity index (χ2n) is 4.65. The highest BCUT2D eigenvalue weighted by Crippen LogP contribution is 2.16. The summed E-state index contributed by atoms with van der Waals surface area (Å²) in [4.78, 5) is 25.4. The van der Waals surface area contributed by atoms with E-state index in [-0.39, 0.29) is 0 Å². The summed E-state index contributed by atoms with van der Waals surface area (Å²) in [5.74, 6) is 4.73. The third-order valence-corrected chi connectivity index (χ3v) is 3.04. The largest absolute Gasteiger partial charge is 0.370 e. The van der Waals surface area contributed by atoms with Gasteiger partial charge in [0, 0.05) is 5.56 Å². The molecule has 0 saturated carbocycles. The fourth-order valence-electron chi connectivity index (χ4n) is 1.87. The van der Waals surface area contributed by atoms with Crippen molar-refractivity contribution in [3.63, 3.8) is 0 Å². The number of hydroxylamine groups is 1. The Bertz CT molecular complexity index is 696. The van der Waals surface area contributed by atoms with Gasteiger partial charge in [-0.15, -0.1) is 0 Å². The van der Waals surface area contributed by atoms with Gasteiger partial charge in [-0.25, -0.2) is 24.5 Å². The first kappa shape index (κ1) is 16.6. The average Bonchev–Trinajstić information content (AvgIpc) is 3.08. The summed E-state index contributed by atoms with van der Waals surface area (Å²) in [6.45, 7) is 1.84. The Morgan fingerprint density at radius 2 is 2.26 bits per heavy atom. The van der Waals surface area contributed by atoms with E-state index in [1.165, 1.54) is 6.08 Å². The number of aliphatic imine (C=N–C) groups is 1. The number of hydrogen-bond acceptors (Lipinski definition) is 6. The standard InChI is InChI=1S/C16H16FN3O3/c1-11(6-3-2-4-9-17)15-19-14(20-23-15)12-7-5-8-13(10-12)16(21)22-18/h2-10,15H,18H2,1H3,(H,19,20)/b3-2-,9-4+,11-6+. The highest BCUT2D eigenvalue weighted by molar-refractivity contribution is 6.01. The predicted molar refractivity (Wildman–Crippen MR) is 83.7 cm³/mol. The molecule has 7 heteroatoms. The number of nitrogens with two attached hydrogens (primary N) is 1. The van der Waals surface area contributed by atoms with Crippen molar-refractivity contribution in [1.29, 1.82) is 0 Å². The molecule has 1 atom stereocenters. The van der Waals surface area contributed by atoms with Crippen LogP contribution in [0.2, 0.25) is 0 Å². The molecule has 1 aromatic carbocycles. The van der Waals surface area contributed by atoms with E-state index in [0.29, 0.717) is 23.3 Å². The van der Waals surface area contributed by atoms with E-state index in [2.05, 4.69) is 15.3 Å². The smallest absolute Gasteiger partial charge is 0.356 e. The molecule has 1 aliphatic heterocycles. The average molecular weight is 317 g/mol. The van der Waals surface area contributed by atoms with E-state index in [1.54, 1.807) is 42.5 Å². The van der Waals surface area contributed by atoms with Gasteiger partial charge in [0.2, 0.25) is 0 Å². The molecule has 6 nitrogen and oxygen atoms in total.